The Labute approximate surface area is 82.5 Å². The summed E-state index contributed by atoms with van der Waals surface area (Å²) in [6.07, 6.45) is 5.63. The number of nitrogens with zero attached hydrogens (tertiary/aromatic N) is 1. The van der Waals surface area contributed by atoms with Gasteiger partial charge in [0.05, 0.1) is 0 Å². The molecule has 2 aliphatic rings. The van der Waals surface area contributed by atoms with E-state index in [-0.39, 0.29) is 0 Å². The van der Waals surface area contributed by atoms with E-state index < -0.39 is 0 Å². The summed E-state index contributed by atoms with van der Waals surface area (Å²) in [7, 11) is 0. The molecule has 2 rings (SSSR count). The van der Waals surface area contributed by atoms with Crippen LogP contribution in [0.2, 0.25) is 0 Å². The summed E-state index contributed by atoms with van der Waals surface area (Å²) in [5, 5.41) is 0. The van der Waals surface area contributed by atoms with Crippen molar-refractivity contribution in [3.63, 3.8) is 0 Å². The first-order valence-electron chi connectivity index (χ1n) is 5.68. The second-order valence-electron chi connectivity index (χ2n) is 6.35. The molecule has 2 aliphatic heterocycles. The fourth-order valence-electron chi connectivity index (χ4n) is 3.83. The number of rotatable bonds is 0. The van der Waals surface area contributed by atoms with E-state index in [1.807, 2.05) is 0 Å². The Hall–Kier alpha value is -0.0400. The largest absolute Gasteiger partial charge is 0.295 e. The van der Waals surface area contributed by atoms with Gasteiger partial charge in [-0.15, -0.1) is 0 Å². The molecule has 2 saturated heterocycles. The van der Waals surface area contributed by atoms with Gasteiger partial charge in [-0.1, -0.05) is 13.8 Å². The minimum atomic E-state index is 0.447. The summed E-state index contributed by atoms with van der Waals surface area (Å²) in [6.45, 7) is 11.1. The number of fused-ring (bicyclic) bond motifs is 1. The van der Waals surface area contributed by atoms with Crippen molar-refractivity contribution in [2.24, 2.45) is 5.41 Å². The molecule has 0 aromatic heterocycles. The van der Waals surface area contributed by atoms with Gasteiger partial charge >= 0.3 is 0 Å². The molecule has 0 radical (unpaired) electrons. The standard InChI is InChI=1S/C12H23N/c1-11(2)8-10-6-5-7-13(10)12(3,4)9-11/h10H,5-9H2,1-4H3. The molecule has 0 bridgehead atoms. The van der Waals surface area contributed by atoms with Crippen molar-refractivity contribution < 1.29 is 0 Å². The van der Waals surface area contributed by atoms with Gasteiger partial charge in [-0.05, 0) is 51.5 Å². The van der Waals surface area contributed by atoms with Crippen molar-refractivity contribution >= 4 is 0 Å². The Morgan fingerprint density at radius 3 is 2.54 bits per heavy atom. The number of hydrogen-bond acceptors (Lipinski definition) is 1. The van der Waals surface area contributed by atoms with Crippen LogP contribution in [0.1, 0.15) is 53.4 Å². The topological polar surface area (TPSA) is 3.24 Å². The highest BCUT2D eigenvalue weighted by molar-refractivity contribution is 5.00. The molecule has 1 atom stereocenters. The highest BCUT2D eigenvalue weighted by Gasteiger charge is 2.45. The summed E-state index contributed by atoms with van der Waals surface area (Å²) in [5.41, 5.74) is 1.01. The van der Waals surface area contributed by atoms with Crippen molar-refractivity contribution in [1.29, 1.82) is 0 Å². The molecule has 0 aromatic rings. The molecular weight excluding hydrogens is 158 g/mol. The monoisotopic (exact) mass is 181 g/mol. The Morgan fingerprint density at radius 1 is 1.15 bits per heavy atom. The van der Waals surface area contributed by atoms with E-state index in [0.717, 1.165) is 6.04 Å². The van der Waals surface area contributed by atoms with E-state index in [9.17, 15) is 0 Å². The van der Waals surface area contributed by atoms with Crippen LogP contribution < -0.4 is 0 Å². The first kappa shape index (κ1) is 9.51. The van der Waals surface area contributed by atoms with Crippen LogP contribution in [0, 0.1) is 5.41 Å². The molecule has 0 amide bonds. The van der Waals surface area contributed by atoms with Crippen LogP contribution in [-0.4, -0.2) is 23.0 Å². The van der Waals surface area contributed by atoms with Crippen LogP contribution in [-0.2, 0) is 0 Å². The third-order valence-electron chi connectivity index (χ3n) is 3.85. The third-order valence-corrected chi connectivity index (χ3v) is 3.85. The van der Waals surface area contributed by atoms with Gasteiger partial charge in [0.15, 0.2) is 0 Å². The molecule has 0 aromatic carbocycles. The lowest BCUT2D eigenvalue weighted by Gasteiger charge is -2.51. The Kier molecular flexibility index (Phi) is 1.99. The predicted molar refractivity (Wildman–Crippen MR) is 56.8 cm³/mol. The van der Waals surface area contributed by atoms with Crippen LogP contribution in [0.3, 0.4) is 0 Å². The lowest BCUT2D eigenvalue weighted by Crippen LogP contribution is -2.54. The van der Waals surface area contributed by atoms with Crippen molar-refractivity contribution in [2.45, 2.75) is 65.0 Å². The summed E-state index contributed by atoms with van der Waals surface area (Å²) >= 11 is 0. The molecule has 1 heteroatoms. The number of hydrogen-bond donors (Lipinski definition) is 0. The summed E-state index contributed by atoms with van der Waals surface area (Å²) in [5.74, 6) is 0. The molecule has 0 aliphatic carbocycles. The highest BCUT2D eigenvalue weighted by Crippen LogP contribution is 2.46. The lowest BCUT2D eigenvalue weighted by molar-refractivity contribution is -0.00800. The van der Waals surface area contributed by atoms with Gasteiger partial charge in [0.25, 0.3) is 0 Å². The van der Waals surface area contributed by atoms with Gasteiger partial charge in [-0.25, -0.2) is 0 Å². The first-order valence-corrected chi connectivity index (χ1v) is 5.68. The fraction of sp³-hybridized carbons (Fsp3) is 1.00. The Balaban J connectivity index is 2.21. The molecule has 1 nitrogen and oxygen atoms in total. The molecule has 0 N–H and O–H groups in total. The summed E-state index contributed by atoms with van der Waals surface area (Å²) in [4.78, 5) is 2.75. The van der Waals surface area contributed by atoms with Crippen LogP contribution in [0.25, 0.3) is 0 Å². The van der Waals surface area contributed by atoms with Crippen molar-refractivity contribution in [3.05, 3.63) is 0 Å². The minimum Gasteiger partial charge on any atom is -0.295 e. The Bertz CT molecular complexity index is 205. The Morgan fingerprint density at radius 2 is 1.85 bits per heavy atom. The van der Waals surface area contributed by atoms with Crippen LogP contribution in [0.15, 0.2) is 0 Å². The molecule has 2 heterocycles. The van der Waals surface area contributed by atoms with Gasteiger partial charge in [-0.2, -0.15) is 0 Å². The van der Waals surface area contributed by atoms with E-state index in [4.69, 9.17) is 0 Å². The average molecular weight is 181 g/mol. The third kappa shape index (κ3) is 1.63. The molecule has 0 saturated carbocycles. The van der Waals surface area contributed by atoms with Gasteiger partial charge in [-0.3, -0.25) is 4.90 Å². The van der Waals surface area contributed by atoms with Gasteiger partial charge < -0.3 is 0 Å². The molecular formula is C12H23N. The predicted octanol–water partition coefficient (Wildman–Crippen LogP) is 3.05. The van der Waals surface area contributed by atoms with Crippen LogP contribution >= 0.6 is 0 Å². The van der Waals surface area contributed by atoms with E-state index in [2.05, 4.69) is 32.6 Å². The molecule has 0 spiro atoms. The van der Waals surface area contributed by atoms with Crippen molar-refractivity contribution in [3.8, 4) is 0 Å². The van der Waals surface area contributed by atoms with Crippen LogP contribution in [0.5, 0.6) is 0 Å². The molecule has 2 fully saturated rings. The van der Waals surface area contributed by atoms with Crippen LogP contribution in [0.4, 0.5) is 0 Å². The van der Waals surface area contributed by atoms with Gasteiger partial charge in [0, 0.05) is 11.6 Å². The molecule has 76 valence electrons. The molecule has 13 heavy (non-hydrogen) atoms. The quantitative estimate of drug-likeness (QED) is 0.555. The maximum atomic E-state index is 2.75. The van der Waals surface area contributed by atoms with E-state index in [1.165, 1.54) is 32.2 Å². The van der Waals surface area contributed by atoms with E-state index in [0.29, 0.717) is 11.0 Å². The SMILES string of the molecule is CC1(C)CC2CCCN2C(C)(C)C1. The molecule has 1 unspecified atom stereocenters. The average Bonchev–Trinajstić information content (AvgIpc) is 2.29. The summed E-state index contributed by atoms with van der Waals surface area (Å²) in [6, 6.07) is 0.888. The second-order valence-corrected chi connectivity index (χ2v) is 6.35. The minimum absolute atomic E-state index is 0.447. The fourth-order valence-corrected chi connectivity index (χ4v) is 3.83. The highest BCUT2D eigenvalue weighted by atomic mass is 15.2. The maximum Gasteiger partial charge on any atom is 0.0161 e. The summed E-state index contributed by atoms with van der Waals surface area (Å²) < 4.78 is 0. The van der Waals surface area contributed by atoms with Gasteiger partial charge in [0.1, 0.15) is 0 Å². The second kappa shape index (κ2) is 2.73. The number of piperidine rings is 1. The normalized spacial score (nSPS) is 37.4. The lowest BCUT2D eigenvalue weighted by atomic mass is 9.71. The van der Waals surface area contributed by atoms with E-state index in [1.54, 1.807) is 0 Å². The maximum absolute atomic E-state index is 2.75. The zero-order chi connectivity index (χ0) is 9.69. The zero-order valence-corrected chi connectivity index (χ0v) is 9.56. The van der Waals surface area contributed by atoms with E-state index >= 15 is 0 Å². The van der Waals surface area contributed by atoms with Crippen molar-refractivity contribution in [2.75, 3.05) is 6.54 Å². The van der Waals surface area contributed by atoms with Crippen molar-refractivity contribution in [1.82, 2.24) is 4.90 Å². The first-order chi connectivity index (χ1) is 5.91. The zero-order valence-electron chi connectivity index (χ0n) is 9.56. The smallest absolute Gasteiger partial charge is 0.0161 e. The van der Waals surface area contributed by atoms with Gasteiger partial charge in [0.2, 0.25) is 0 Å².